The first-order valence-electron chi connectivity index (χ1n) is 6.51. The van der Waals surface area contributed by atoms with Gasteiger partial charge in [0.1, 0.15) is 5.75 Å². The summed E-state index contributed by atoms with van der Waals surface area (Å²) in [7, 11) is 1.37. The fourth-order valence-corrected chi connectivity index (χ4v) is 2.80. The normalized spacial score (nSPS) is 12.4. The van der Waals surface area contributed by atoms with E-state index in [-0.39, 0.29) is 17.5 Å². The molecule has 0 bridgehead atoms. The lowest BCUT2D eigenvalue weighted by Gasteiger charge is -2.08. The molecular weight excluding hydrogens is 306 g/mol. The highest BCUT2D eigenvalue weighted by atomic mass is 32.2. The van der Waals surface area contributed by atoms with Gasteiger partial charge in [0.2, 0.25) is 10.0 Å². The molecule has 0 aliphatic rings. The number of para-hydroxylation sites is 1. The SMILES string of the molecule is CN(C)S(=O)(=O)Cc1noc(-c2cccc3ncn(C)c23)n1. The molecule has 8 nitrogen and oxygen atoms in total. The average Bonchev–Trinajstić information content (AvgIpc) is 3.06. The predicted molar refractivity (Wildman–Crippen MR) is 80.3 cm³/mol. The highest BCUT2D eigenvalue weighted by Crippen LogP contribution is 2.26. The molecule has 116 valence electrons. The summed E-state index contributed by atoms with van der Waals surface area (Å²) in [4.78, 5) is 8.46. The zero-order chi connectivity index (χ0) is 15.9. The van der Waals surface area contributed by atoms with E-state index in [2.05, 4.69) is 15.1 Å². The number of hydrogen-bond donors (Lipinski definition) is 0. The first-order chi connectivity index (χ1) is 10.4. The number of aryl methyl sites for hydroxylation is 1. The number of rotatable bonds is 4. The Hall–Kier alpha value is -2.26. The molecule has 0 spiro atoms. The Morgan fingerprint density at radius 2 is 2.09 bits per heavy atom. The molecule has 3 aromatic rings. The molecule has 0 aliphatic heterocycles. The van der Waals surface area contributed by atoms with Crippen LogP contribution in [0, 0.1) is 0 Å². The second-order valence-electron chi connectivity index (χ2n) is 5.08. The second kappa shape index (κ2) is 5.18. The van der Waals surface area contributed by atoms with Crippen molar-refractivity contribution >= 4 is 21.1 Å². The molecule has 3 rings (SSSR count). The van der Waals surface area contributed by atoms with Crippen molar-refractivity contribution in [2.75, 3.05) is 14.1 Å². The van der Waals surface area contributed by atoms with E-state index in [4.69, 9.17) is 4.52 Å². The fraction of sp³-hybridized carbons (Fsp3) is 0.308. The van der Waals surface area contributed by atoms with Gasteiger partial charge in [-0.15, -0.1) is 0 Å². The van der Waals surface area contributed by atoms with Gasteiger partial charge in [-0.2, -0.15) is 4.98 Å². The van der Waals surface area contributed by atoms with Gasteiger partial charge < -0.3 is 9.09 Å². The monoisotopic (exact) mass is 321 g/mol. The average molecular weight is 321 g/mol. The van der Waals surface area contributed by atoms with E-state index < -0.39 is 10.0 Å². The topological polar surface area (TPSA) is 94.1 Å². The maximum atomic E-state index is 11.9. The van der Waals surface area contributed by atoms with Crippen molar-refractivity contribution in [3.63, 3.8) is 0 Å². The summed E-state index contributed by atoms with van der Waals surface area (Å²) in [5.74, 6) is 0.103. The van der Waals surface area contributed by atoms with Gasteiger partial charge in [-0.05, 0) is 12.1 Å². The van der Waals surface area contributed by atoms with E-state index >= 15 is 0 Å². The van der Waals surface area contributed by atoms with Crippen molar-refractivity contribution in [1.29, 1.82) is 0 Å². The van der Waals surface area contributed by atoms with E-state index in [1.807, 2.05) is 29.8 Å². The van der Waals surface area contributed by atoms with Gasteiger partial charge in [-0.3, -0.25) is 0 Å². The summed E-state index contributed by atoms with van der Waals surface area (Å²) in [6.07, 6.45) is 1.70. The smallest absolute Gasteiger partial charge is 0.260 e. The summed E-state index contributed by atoms with van der Waals surface area (Å²) < 4.78 is 31.9. The molecule has 0 unspecified atom stereocenters. The summed E-state index contributed by atoms with van der Waals surface area (Å²) in [5.41, 5.74) is 2.38. The van der Waals surface area contributed by atoms with Crippen molar-refractivity contribution in [3.8, 4) is 11.5 Å². The Bertz CT molecular complexity index is 926. The molecule has 0 aliphatic carbocycles. The van der Waals surface area contributed by atoms with Crippen molar-refractivity contribution in [2.45, 2.75) is 5.75 Å². The van der Waals surface area contributed by atoms with Crippen molar-refractivity contribution in [1.82, 2.24) is 24.0 Å². The Morgan fingerprint density at radius 1 is 1.32 bits per heavy atom. The molecule has 22 heavy (non-hydrogen) atoms. The minimum atomic E-state index is -3.43. The Morgan fingerprint density at radius 3 is 2.82 bits per heavy atom. The largest absolute Gasteiger partial charge is 0.334 e. The third kappa shape index (κ3) is 2.48. The first kappa shape index (κ1) is 14.7. The second-order valence-corrected chi connectivity index (χ2v) is 7.27. The summed E-state index contributed by atoms with van der Waals surface area (Å²) in [6, 6.07) is 5.56. The Balaban J connectivity index is 2.02. The van der Waals surface area contributed by atoms with Gasteiger partial charge in [-0.1, -0.05) is 11.2 Å². The maximum Gasteiger partial charge on any atom is 0.260 e. The number of hydrogen-bond acceptors (Lipinski definition) is 6. The van der Waals surface area contributed by atoms with Crippen molar-refractivity contribution in [3.05, 3.63) is 30.4 Å². The lowest BCUT2D eigenvalue weighted by molar-refractivity contribution is 0.424. The molecule has 1 aromatic carbocycles. The number of fused-ring (bicyclic) bond motifs is 1. The van der Waals surface area contributed by atoms with Crippen molar-refractivity contribution in [2.24, 2.45) is 7.05 Å². The van der Waals surface area contributed by atoms with Gasteiger partial charge in [0.25, 0.3) is 5.89 Å². The zero-order valence-electron chi connectivity index (χ0n) is 12.4. The number of sulfonamides is 1. The molecule has 0 N–H and O–H groups in total. The van der Waals surface area contributed by atoms with Gasteiger partial charge in [0.15, 0.2) is 5.82 Å². The highest BCUT2D eigenvalue weighted by Gasteiger charge is 2.20. The number of aromatic nitrogens is 4. The van der Waals surface area contributed by atoms with Gasteiger partial charge in [0, 0.05) is 21.1 Å². The molecule has 0 saturated carbocycles. The quantitative estimate of drug-likeness (QED) is 0.712. The van der Waals surface area contributed by atoms with Crippen LogP contribution in [0.2, 0.25) is 0 Å². The Labute approximate surface area is 127 Å². The van der Waals surface area contributed by atoms with E-state index in [1.165, 1.54) is 14.1 Å². The molecule has 2 heterocycles. The molecular formula is C13H15N5O3S. The summed E-state index contributed by atoms with van der Waals surface area (Å²) in [5, 5.41) is 3.76. The van der Waals surface area contributed by atoms with E-state index in [0.717, 1.165) is 20.9 Å². The van der Waals surface area contributed by atoms with Gasteiger partial charge in [-0.25, -0.2) is 17.7 Å². The molecule has 0 radical (unpaired) electrons. The lowest BCUT2D eigenvalue weighted by Crippen LogP contribution is -2.24. The lowest BCUT2D eigenvalue weighted by atomic mass is 10.2. The van der Waals surface area contributed by atoms with Crippen LogP contribution in [0.3, 0.4) is 0 Å². The zero-order valence-corrected chi connectivity index (χ0v) is 13.2. The molecule has 9 heteroatoms. The first-order valence-corrected chi connectivity index (χ1v) is 8.12. The maximum absolute atomic E-state index is 11.9. The standard InChI is InChI=1S/C13H15N5O3S/c1-17(2)22(19,20)7-11-15-13(21-16-11)9-5-4-6-10-12(9)18(3)8-14-10/h4-6,8H,7H2,1-3H3. The van der Waals surface area contributed by atoms with Crippen LogP contribution < -0.4 is 0 Å². The van der Waals surface area contributed by atoms with Crippen LogP contribution in [0.4, 0.5) is 0 Å². The van der Waals surface area contributed by atoms with E-state index in [9.17, 15) is 8.42 Å². The van der Waals surface area contributed by atoms with Crippen LogP contribution in [-0.4, -0.2) is 46.5 Å². The summed E-state index contributed by atoms with van der Waals surface area (Å²) >= 11 is 0. The van der Waals surface area contributed by atoms with Crippen LogP contribution in [0.1, 0.15) is 5.82 Å². The molecule has 0 fully saturated rings. The van der Waals surface area contributed by atoms with Crippen LogP contribution in [0.25, 0.3) is 22.5 Å². The predicted octanol–water partition coefficient (Wildman–Crippen LogP) is 1.01. The minimum absolute atomic E-state index is 0.128. The number of benzene rings is 1. The number of nitrogens with zero attached hydrogens (tertiary/aromatic N) is 5. The minimum Gasteiger partial charge on any atom is -0.334 e. The van der Waals surface area contributed by atoms with Gasteiger partial charge >= 0.3 is 0 Å². The highest BCUT2D eigenvalue weighted by molar-refractivity contribution is 7.88. The molecule has 2 aromatic heterocycles. The van der Waals surface area contributed by atoms with E-state index in [0.29, 0.717) is 0 Å². The fourth-order valence-electron chi connectivity index (χ4n) is 2.10. The van der Waals surface area contributed by atoms with Crippen LogP contribution in [0.5, 0.6) is 0 Å². The van der Waals surface area contributed by atoms with Crippen LogP contribution in [0.15, 0.2) is 29.0 Å². The number of imidazole rings is 1. The van der Waals surface area contributed by atoms with Crippen molar-refractivity contribution < 1.29 is 12.9 Å². The van der Waals surface area contributed by atoms with Crippen LogP contribution >= 0.6 is 0 Å². The van der Waals surface area contributed by atoms with E-state index in [1.54, 1.807) is 6.33 Å². The third-order valence-electron chi connectivity index (χ3n) is 3.30. The van der Waals surface area contributed by atoms with Crippen LogP contribution in [-0.2, 0) is 22.8 Å². The summed E-state index contributed by atoms with van der Waals surface area (Å²) in [6.45, 7) is 0. The molecule has 0 amide bonds. The Kier molecular flexibility index (Phi) is 3.45. The third-order valence-corrected chi connectivity index (χ3v) is 5.04. The molecule has 0 saturated heterocycles. The van der Waals surface area contributed by atoms with Gasteiger partial charge in [0.05, 0.1) is 22.9 Å². The molecule has 0 atom stereocenters.